The molecule has 4 rings (SSSR count). The Hall–Kier alpha value is -1.20. The van der Waals surface area contributed by atoms with Crippen molar-refractivity contribution in [2.45, 2.75) is 44.1 Å². The second kappa shape index (κ2) is 5.71. The summed E-state index contributed by atoms with van der Waals surface area (Å²) in [6, 6.07) is 2.01. The molecule has 0 bridgehead atoms. The third kappa shape index (κ3) is 2.28. The van der Waals surface area contributed by atoms with E-state index in [9.17, 15) is 4.79 Å². The van der Waals surface area contributed by atoms with E-state index in [4.69, 9.17) is 5.26 Å². The van der Waals surface area contributed by atoms with Gasteiger partial charge in [-0.25, -0.2) is 0 Å². The molecule has 4 aliphatic rings. The van der Waals surface area contributed by atoms with E-state index < -0.39 is 0 Å². The maximum Gasteiger partial charge on any atom is 0.237 e. The molecule has 3 N–H and O–H groups in total. The van der Waals surface area contributed by atoms with E-state index in [1.807, 2.05) is 11.0 Å². The number of nitrogens with one attached hydrogen (secondary N) is 3. The molecule has 7 nitrogen and oxygen atoms in total. The molecule has 0 aromatic rings. The van der Waals surface area contributed by atoms with Crippen LogP contribution in [0.1, 0.15) is 26.2 Å². The molecule has 0 saturated carbocycles. The first-order chi connectivity index (χ1) is 11.2. The normalized spacial score (nSPS) is 43.2. The van der Waals surface area contributed by atoms with Gasteiger partial charge in [0.2, 0.25) is 5.91 Å². The van der Waals surface area contributed by atoms with Crippen LogP contribution in [0.4, 0.5) is 0 Å². The molecule has 0 aliphatic carbocycles. The Kier molecular flexibility index (Phi) is 3.81. The summed E-state index contributed by atoms with van der Waals surface area (Å²) >= 11 is 0. The van der Waals surface area contributed by atoms with Crippen molar-refractivity contribution in [1.29, 1.82) is 5.26 Å². The lowest BCUT2D eigenvalue weighted by molar-refractivity contribution is -0.154. The zero-order valence-electron chi connectivity index (χ0n) is 13.7. The van der Waals surface area contributed by atoms with Gasteiger partial charge in [-0.2, -0.15) is 5.26 Å². The summed E-state index contributed by atoms with van der Waals surface area (Å²) in [6.45, 7) is 6.92. The monoisotopic (exact) mass is 318 g/mol. The molecule has 4 heterocycles. The third-order valence-electron chi connectivity index (χ3n) is 6.45. The number of rotatable bonds is 2. The van der Waals surface area contributed by atoms with Gasteiger partial charge in [-0.3, -0.25) is 20.3 Å². The fourth-order valence-corrected chi connectivity index (χ4v) is 5.11. The lowest BCUT2D eigenvalue weighted by atomic mass is 9.74. The first-order valence-electron chi connectivity index (χ1n) is 8.77. The fraction of sp³-hybridized carbons (Fsp3) is 0.875. The fourth-order valence-electron chi connectivity index (χ4n) is 5.11. The van der Waals surface area contributed by atoms with Crippen LogP contribution in [-0.2, 0) is 4.79 Å². The lowest BCUT2D eigenvalue weighted by Gasteiger charge is -2.56. The largest absolute Gasteiger partial charge is 0.334 e. The van der Waals surface area contributed by atoms with E-state index in [-0.39, 0.29) is 17.9 Å². The summed E-state index contributed by atoms with van der Waals surface area (Å²) < 4.78 is 0. The Morgan fingerprint density at radius 3 is 3.04 bits per heavy atom. The van der Waals surface area contributed by atoms with Crippen LogP contribution in [0.3, 0.4) is 0 Å². The van der Waals surface area contributed by atoms with Crippen LogP contribution < -0.4 is 16.0 Å². The molecular formula is C16H26N6O. The summed E-state index contributed by atoms with van der Waals surface area (Å²) in [5, 5.41) is 19.5. The van der Waals surface area contributed by atoms with Crippen molar-refractivity contribution in [2.24, 2.45) is 11.8 Å². The van der Waals surface area contributed by atoms with Gasteiger partial charge in [0.15, 0.2) is 0 Å². The molecule has 126 valence electrons. The van der Waals surface area contributed by atoms with Crippen molar-refractivity contribution in [3.05, 3.63) is 0 Å². The first kappa shape index (κ1) is 15.3. The molecule has 0 aromatic carbocycles. The molecule has 4 aliphatic heterocycles. The number of fused-ring (bicyclic) bond motifs is 1. The van der Waals surface area contributed by atoms with E-state index >= 15 is 0 Å². The van der Waals surface area contributed by atoms with Crippen LogP contribution in [0.2, 0.25) is 0 Å². The third-order valence-corrected chi connectivity index (χ3v) is 6.45. The second-order valence-electron chi connectivity index (χ2n) is 7.48. The van der Waals surface area contributed by atoms with Crippen LogP contribution in [0.25, 0.3) is 0 Å². The average Bonchev–Trinajstić information content (AvgIpc) is 3.20. The molecular weight excluding hydrogens is 292 g/mol. The number of hydrogen-bond acceptors (Lipinski definition) is 6. The first-order valence-corrected chi connectivity index (χ1v) is 8.77. The number of nitriles is 1. The van der Waals surface area contributed by atoms with Gasteiger partial charge in [0, 0.05) is 32.2 Å². The highest BCUT2D eigenvalue weighted by Crippen LogP contribution is 2.45. The van der Waals surface area contributed by atoms with Gasteiger partial charge in [-0.1, -0.05) is 6.92 Å². The molecule has 0 aromatic heterocycles. The average molecular weight is 318 g/mol. The van der Waals surface area contributed by atoms with Crippen LogP contribution in [0.15, 0.2) is 0 Å². The topological polar surface area (TPSA) is 83.4 Å². The van der Waals surface area contributed by atoms with E-state index in [0.717, 1.165) is 39.3 Å². The Balaban J connectivity index is 1.48. The van der Waals surface area contributed by atoms with Crippen molar-refractivity contribution < 1.29 is 4.79 Å². The van der Waals surface area contributed by atoms with Crippen molar-refractivity contribution >= 4 is 5.91 Å². The van der Waals surface area contributed by atoms with Gasteiger partial charge in [0.1, 0.15) is 6.42 Å². The number of hydrogen-bond donors (Lipinski definition) is 3. The smallest absolute Gasteiger partial charge is 0.237 e. The molecule has 5 atom stereocenters. The molecule has 23 heavy (non-hydrogen) atoms. The van der Waals surface area contributed by atoms with Gasteiger partial charge < -0.3 is 10.2 Å². The number of carbonyl (C=O) groups is 1. The maximum atomic E-state index is 12.2. The van der Waals surface area contributed by atoms with Crippen molar-refractivity contribution in [3.63, 3.8) is 0 Å². The predicted molar refractivity (Wildman–Crippen MR) is 84.9 cm³/mol. The van der Waals surface area contributed by atoms with E-state index in [0.29, 0.717) is 24.2 Å². The Morgan fingerprint density at radius 1 is 1.39 bits per heavy atom. The van der Waals surface area contributed by atoms with Gasteiger partial charge in [0.25, 0.3) is 0 Å². The summed E-state index contributed by atoms with van der Waals surface area (Å²) in [4.78, 5) is 16.8. The SMILES string of the molecule is C[C@H]1CN(C(=O)CC#N)[C@]12CCN(C1NCNC3NCCC31)C2. The number of nitrogens with zero attached hydrogens (tertiary/aromatic N) is 3. The number of likely N-dealkylation sites (tertiary alicyclic amines) is 2. The summed E-state index contributed by atoms with van der Waals surface area (Å²) in [5.74, 6) is 1.11. The number of carbonyl (C=O) groups excluding carboxylic acids is 1. The maximum absolute atomic E-state index is 12.2. The molecule has 4 fully saturated rings. The highest BCUT2D eigenvalue weighted by Gasteiger charge is 2.57. The molecule has 1 amide bonds. The van der Waals surface area contributed by atoms with Gasteiger partial charge >= 0.3 is 0 Å². The van der Waals surface area contributed by atoms with E-state index in [1.54, 1.807) is 0 Å². The van der Waals surface area contributed by atoms with Crippen LogP contribution >= 0.6 is 0 Å². The molecule has 0 radical (unpaired) electrons. The standard InChI is InChI=1S/C16H26N6O/c1-11-8-22(13(23)2-5-17)16(11)4-7-21(9-16)15-12-3-6-18-14(12)19-10-20-15/h11-12,14-15,18-20H,2-4,6-10H2,1H3/t11-,12?,14?,15?,16-/m0/s1. The zero-order chi connectivity index (χ0) is 16.0. The summed E-state index contributed by atoms with van der Waals surface area (Å²) in [6.07, 6.45) is 3.02. The summed E-state index contributed by atoms with van der Waals surface area (Å²) in [5.41, 5.74) is -0.0397. The highest BCUT2D eigenvalue weighted by molar-refractivity contribution is 5.80. The molecule has 1 spiro atoms. The zero-order valence-corrected chi connectivity index (χ0v) is 13.7. The Bertz CT molecular complexity index is 533. The summed E-state index contributed by atoms with van der Waals surface area (Å²) in [7, 11) is 0. The Labute approximate surface area is 137 Å². The van der Waals surface area contributed by atoms with Crippen LogP contribution in [0, 0.1) is 23.2 Å². The van der Waals surface area contributed by atoms with Crippen LogP contribution in [-0.4, -0.2) is 66.4 Å². The van der Waals surface area contributed by atoms with Gasteiger partial charge in [-0.05, 0) is 25.3 Å². The lowest BCUT2D eigenvalue weighted by Crippen LogP contribution is -2.70. The van der Waals surface area contributed by atoms with Crippen molar-refractivity contribution in [2.75, 3.05) is 32.8 Å². The minimum absolute atomic E-state index is 0.00568. The second-order valence-corrected chi connectivity index (χ2v) is 7.48. The highest BCUT2D eigenvalue weighted by atomic mass is 16.2. The van der Waals surface area contributed by atoms with Crippen molar-refractivity contribution in [1.82, 2.24) is 25.8 Å². The molecule has 3 unspecified atom stereocenters. The van der Waals surface area contributed by atoms with E-state index in [1.165, 1.54) is 6.42 Å². The number of amides is 1. The van der Waals surface area contributed by atoms with E-state index in [2.05, 4.69) is 27.8 Å². The minimum atomic E-state index is -0.0397. The van der Waals surface area contributed by atoms with Crippen LogP contribution in [0.5, 0.6) is 0 Å². The van der Waals surface area contributed by atoms with Gasteiger partial charge in [-0.15, -0.1) is 0 Å². The van der Waals surface area contributed by atoms with Gasteiger partial charge in [0.05, 0.1) is 23.9 Å². The Morgan fingerprint density at radius 2 is 2.26 bits per heavy atom. The predicted octanol–water partition coefficient (Wildman–Crippen LogP) is -0.765. The molecule has 7 heteroatoms. The minimum Gasteiger partial charge on any atom is -0.334 e. The quantitative estimate of drug-likeness (QED) is 0.620. The van der Waals surface area contributed by atoms with Crippen molar-refractivity contribution in [3.8, 4) is 6.07 Å². The molecule has 4 saturated heterocycles.